The van der Waals surface area contributed by atoms with Crippen LogP contribution >= 0.6 is 0 Å². The monoisotopic (exact) mass is 285 g/mol. The number of nitrogens with one attached hydrogen (secondary N) is 1. The van der Waals surface area contributed by atoms with Crippen LogP contribution in [0.2, 0.25) is 0 Å². The molecule has 0 saturated carbocycles. The van der Waals surface area contributed by atoms with E-state index in [9.17, 15) is 4.79 Å². The molecule has 4 nitrogen and oxygen atoms in total. The van der Waals surface area contributed by atoms with Gasteiger partial charge in [0.2, 0.25) is 0 Å². The Bertz CT molecular complexity index is 625. The van der Waals surface area contributed by atoms with E-state index in [1.807, 2.05) is 43.3 Å². The molecule has 4 heteroatoms. The van der Waals surface area contributed by atoms with E-state index in [2.05, 4.69) is 5.32 Å². The lowest BCUT2D eigenvalue weighted by Gasteiger charge is -2.18. The van der Waals surface area contributed by atoms with Crippen LogP contribution < -0.4 is 14.8 Å². The molecule has 0 radical (unpaired) electrons. The summed E-state index contributed by atoms with van der Waals surface area (Å²) >= 11 is 0. The van der Waals surface area contributed by atoms with E-state index in [0.717, 1.165) is 11.3 Å². The highest BCUT2D eigenvalue weighted by Gasteiger charge is 2.17. The third-order valence-corrected chi connectivity index (χ3v) is 3.30. The number of methoxy groups -OCH3 is 2. The summed E-state index contributed by atoms with van der Waals surface area (Å²) in [5, 5.41) is 2.96. The highest BCUT2D eigenvalue weighted by molar-refractivity contribution is 5.97. The van der Waals surface area contributed by atoms with Crippen molar-refractivity contribution in [3.63, 3.8) is 0 Å². The van der Waals surface area contributed by atoms with Crippen LogP contribution in [0.4, 0.5) is 0 Å². The number of ether oxygens (including phenoxy) is 2. The van der Waals surface area contributed by atoms with Crippen molar-refractivity contribution in [1.29, 1.82) is 0 Å². The standard InChI is InChI=1S/C17H19NO3/c1-12(13-8-4-6-10-15(13)20-2)18-17(19)14-9-5-7-11-16(14)21-3/h4-12H,1-3H3,(H,18,19)/t12-/m1/s1. The fourth-order valence-corrected chi connectivity index (χ4v) is 2.21. The summed E-state index contributed by atoms with van der Waals surface area (Å²) in [6, 6.07) is 14.6. The third-order valence-electron chi connectivity index (χ3n) is 3.30. The zero-order valence-electron chi connectivity index (χ0n) is 12.4. The van der Waals surface area contributed by atoms with E-state index in [-0.39, 0.29) is 11.9 Å². The molecule has 0 aliphatic carbocycles. The van der Waals surface area contributed by atoms with Crippen molar-refractivity contribution >= 4 is 5.91 Å². The number of hydrogen-bond acceptors (Lipinski definition) is 3. The zero-order valence-corrected chi connectivity index (χ0v) is 12.4. The molecule has 1 atom stereocenters. The Hall–Kier alpha value is -2.49. The molecule has 1 amide bonds. The number of para-hydroxylation sites is 2. The summed E-state index contributed by atoms with van der Waals surface area (Å²) in [6.07, 6.45) is 0. The molecule has 1 N–H and O–H groups in total. The second kappa shape index (κ2) is 6.79. The highest BCUT2D eigenvalue weighted by atomic mass is 16.5. The van der Waals surface area contributed by atoms with E-state index in [1.54, 1.807) is 26.4 Å². The maximum atomic E-state index is 12.4. The molecule has 0 unspecified atom stereocenters. The maximum absolute atomic E-state index is 12.4. The largest absolute Gasteiger partial charge is 0.496 e. The van der Waals surface area contributed by atoms with Gasteiger partial charge in [-0.3, -0.25) is 4.79 Å². The van der Waals surface area contributed by atoms with E-state index in [4.69, 9.17) is 9.47 Å². The molecular formula is C17H19NO3. The van der Waals surface area contributed by atoms with E-state index < -0.39 is 0 Å². The Morgan fingerprint density at radius 1 is 0.952 bits per heavy atom. The molecule has 2 aromatic rings. The van der Waals surface area contributed by atoms with E-state index >= 15 is 0 Å². The van der Waals surface area contributed by atoms with Gasteiger partial charge in [0.05, 0.1) is 25.8 Å². The predicted molar refractivity (Wildman–Crippen MR) is 81.9 cm³/mol. The van der Waals surface area contributed by atoms with Gasteiger partial charge in [0.15, 0.2) is 0 Å². The molecule has 0 aliphatic rings. The van der Waals surface area contributed by atoms with Crippen molar-refractivity contribution < 1.29 is 14.3 Å². The first-order valence-corrected chi connectivity index (χ1v) is 6.74. The van der Waals surface area contributed by atoms with Crippen LogP contribution in [-0.4, -0.2) is 20.1 Å². The second-order valence-electron chi connectivity index (χ2n) is 4.64. The highest BCUT2D eigenvalue weighted by Crippen LogP contribution is 2.25. The molecule has 21 heavy (non-hydrogen) atoms. The Morgan fingerprint density at radius 3 is 2.19 bits per heavy atom. The predicted octanol–water partition coefficient (Wildman–Crippen LogP) is 3.19. The fraction of sp³-hybridized carbons (Fsp3) is 0.235. The summed E-state index contributed by atoms with van der Waals surface area (Å²) in [7, 11) is 3.17. The topological polar surface area (TPSA) is 47.6 Å². The van der Waals surface area contributed by atoms with Crippen molar-refractivity contribution in [2.24, 2.45) is 0 Å². The average molecular weight is 285 g/mol. The number of rotatable bonds is 5. The Balaban J connectivity index is 2.19. The molecule has 0 bridgehead atoms. The van der Waals surface area contributed by atoms with Gasteiger partial charge in [-0.15, -0.1) is 0 Å². The lowest BCUT2D eigenvalue weighted by Crippen LogP contribution is -2.27. The van der Waals surface area contributed by atoms with Gasteiger partial charge in [-0.05, 0) is 25.1 Å². The molecule has 110 valence electrons. The van der Waals surface area contributed by atoms with Crippen molar-refractivity contribution in [2.75, 3.05) is 14.2 Å². The fourth-order valence-electron chi connectivity index (χ4n) is 2.21. The van der Waals surface area contributed by atoms with Gasteiger partial charge in [-0.1, -0.05) is 30.3 Å². The summed E-state index contributed by atoms with van der Waals surface area (Å²) in [5.41, 5.74) is 1.45. The van der Waals surface area contributed by atoms with Crippen LogP contribution in [0.1, 0.15) is 28.9 Å². The van der Waals surface area contributed by atoms with Crippen LogP contribution in [0.15, 0.2) is 48.5 Å². The summed E-state index contributed by atoms with van der Waals surface area (Å²) in [4.78, 5) is 12.4. The quantitative estimate of drug-likeness (QED) is 0.917. The minimum Gasteiger partial charge on any atom is -0.496 e. The number of hydrogen-bond donors (Lipinski definition) is 1. The zero-order chi connectivity index (χ0) is 15.2. The molecular weight excluding hydrogens is 266 g/mol. The molecule has 0 spiro atoms. The van der Waals surface area contributed by atoms with Gasteiger partial charge in [-0.2, -0.15) is 0 Å². The minimum atomic E-state index is -0.175. The van der Waals surface area contributed by atoms with Gasteiger partial charge in [0, 0.05) is 5.56 Å². The molecule has 2 rings (SSSR count). The van der Waals surface area contributed by atoms with Gasteiger partial charge < -0.3 is 14.8 Å². The van der Waals surface area contributed by atoms with Crippen molar-refractivity contribution in [1.82, 2.24) is 5.32 Å². The lowest BCUT2D eigenvalue weighted by molar-refractivity contribution is 0.0936. The summed E-state index contributed by atoms with van der Waals surface area (Å²) < 4.78 is 10.5. The summed E-state index contributed by atoms with van der Waals surface area (Å²) in [5.74, 6) is 1.14. The van der Waals surface area contributed by atoms with Gasteiger partial charge in [-0.25, -0.2) is 0 Å². The third kappa shape index (κ3) is 3.34. The maximum Gasteiger partial charge on any atom is 0.255 e. The van der Waals surface area contributed by atoms with Gasteiger partial charge in [0.25, 0.3) is 5.91 Å². The number of benzene rings is 2. The van der Waals surface area contributed by atoms with Crippen LogP contribution in [-0.2, 0) is 0 Å². The molecule has 0 aliphatic heterocycles. The molecule has 0 heterocycles. The number of carbonyl (C=O) groups excluding carboxylic acids is 1. The average Bonchev–Trinajstić information content (AvgIpc) is 2.54. The molecule has 0 aromatic heterocycles. The SMILES string of the molecule is COc1ccccc1C(=O)N[C@H](C)c1ccccc1OC. The Morgan fingerprint density at radius 2 is 1.52 bits per heavy atom. The first-order chi connectivity index (χ1) is 10.2. The molecule has 0 saturated heterocycles. The van der Waals surface area contributed by atoms with Gasteiger partial charge >= 0.3 is 0 Å². The lowest BCUT2D eigenvalue weighted by atomic mass is 10.1. The van der Waals surface area contributed by atoms with Crippen molar-refractivity contribution in [3.8, 4) is 11.5 Å². The van der Waals surface area contributed by atoms with Crippen LogP contribution in [0.25, 0.3) is 0 Å². The first-order valence-electron chi connectivity index (χ1n) is 6.74. The van der Waals surface area contributed by atoms with E-state index in [0.29, 0.717) is 11.3 Å². The summed E-state index contributed by atoms with van der Waals surface area (Å²) in [6.45, 7) is 1.92. The minimum absolute atomic E-state index is 0.168. The Kier molecular flexibility index (Phi) is 4.82. The van der Waals surface area contributed by atoms with Crippen LogP contribution in [0, 0.1) is 0 Å². The van der Waals surface area contributed by atoms with Crippen LogP contribution in [0.3, 0.4) is 0 Å². The van der Waals surface area contributed by atoms with Crippen LogP contribution in [0.5, 0.6) is 11.5 Å². The number of carbonyl (C=O) groups is 1. The molecule has 0 fully saturated rings. The molecule has 2 aromatic carbocycles. The van der Waals surface area contributed by atoms with Crippen molar-refractivity contribution in [3.05, 3.63) is 59.7 Å². The smallest absolute Gasteiger partial charge is 0.255 e. The first kappa shape index (κ1) is 14.9. The number of amides is 1. The van der Waals surface area contributed by atoms with E-state index in [1.165, 1.54) is 0 Å². The van der Waals surface area contributed by atoms with Gasteiger partial charge in [0.1, 0.15) is 11.5 Å². The Labute approximate surface area is 124 Å². The normalized spacial score (nSPS) is 11.6. The second-order valence-corrected chi connectivity index (χ2v) is 4.64. The van der Waals surface area contributed by atoms with Crippen molar-refractivity contribution in [2.45, 2.75) is 13.0 Å².